The van der Waals surface area contributed by atoms with Crippen LogP contribution in [-0.2, 0) is 4.79 Å². The molecule has 1 atom stereocenters. The topological polar surface area (TPSA) is 88.4 Å². The van der Waals surface area contributed by atoms with Gasteiger partial charge in [-0.3, -0.25) is 4.79 Å². The van der Waals surface area contributed by atoms with Crippen LogP contribution in [0.3, 0.4) is 0 Å². The number of nitrogens with one attached hydrogen (secondary N) is 2. The summed E-state index contributed by atoms with van der Waals surface area (Å²) in [6, 6.07) is 25.7. The van der Waals surface area contributed by atoms with Crippen molar-refractivity contribution < 1.29 is 14.6 Å². The number of aromatic hydroxyl groups is 1. The number of rotatable bonds is 5. The molecule has 0 radical (unpaired) electrons. The summed E-state index contributed by atoms with van der Waals surface area (Å²) in [5.74, 6) is 0.885. The van der Waals surface area contributed by atoms with Crippen molar-refractivity contribution in [2.24, 2.45) is 0 Å². The Morgan fingerprint density at radius 3 is 2.44 bits per heavy atom. The number of allylic oxidation sites excluding steroid dienone is 1. The maximum absolute atomic E-state index is 13.5. The number of phenolic OH excluding ortho intramolecular Hbond substituents is 1. The Morgan fingerprint density at radius 1 is 1.03 bits per heavy atom. The molecule has 0 aliphatic carbocycles. The van der Waals surface area contributed by atoms with Crippen molar-refractivity contribution in [2.75, 3.05) is 17.7 Å². The van der Waals surface area contributed by atoms with Gasteiger partial charge in [-0.25, -0.2) is 4.68 Å². The smallest absolute Gasteiger partial charge is 0.255 e. The molecule has 4 aromatic rings. The molecule has 1 unspecified atom stereocenters. The van der Waals surface area contributed by atoms with Gasteiger partial charge in [-0.1, -0.05) is 54.6 Å². The number of hydrogen-bond acceptors (Lipinski definition) is 5. The zero-order valence-corrected chi connectivity index (χ0v) is 18.8. The first-order chi connectivity index (χ1) is 16.5. The van der Waals surface area contributed by atoms with Crippen LogP contribution in [0, 0.1) is 0 Å². The van der Waals surface area contributed by atoms with Gasteiger partial charge in [0.1, 0.15) is 11.9 Å². The van der Waals surface area contributed by atoms with Crippen LogP contribution in [0.1, 0.15) is 18.5 Å². The van der Waals surface area contributed by atoms with Gasteiger partial charge < -0.3 is 20.5 Å². The van der Waals surface area contributed by atoms with Gasteiger partial charge in [-0.15, -0.1) is 0 Å². The summed E-state index contributed by atoms with van der Waals surface area (Å²) in [5.41, 5.74) is 4.46. The number of carbonyl (C=O) groups excluding carboxylic acids is 1. The fourth-order valence-electron chi connectivity index (χ4n) is 4.21. The average molecular weight is 453 g/mol. The standard InChI is InChI=1S/C27H24N4O3/c1-17-25(27(33)29-20-11-7-4-8-12-20)26(19-13-14-22(32)23(15-19)34-2)31-24(28-17)16-21(30-31)18-9-5-3-6-10-18/h3-16,26,28,32H,1-2H3,(H,29,33). The maximum Gasteiger partial charge on any atom is 0.255 e. The molecule has 5 rings (SSSR count). The number of nitrogens with zero attached hydrogens (tertiary/aromatic N) is 2. The van der Waals surface area contributed by atoms with E-state index < -0.39 is 6.04 Å². The predicted octanol–water partition coefficient (Wildman–Crippen LogP) is 5.19. The van der Waals surface area contributed by atoms with E-state index in [4.69, 9.17) is 9.84 Å². The number of hydrogen-bond donors (Lipinski definition) is 3. The van der Waals surface area contributed by atoms with E-state index >= 15 is 0 Å². The van der Waals surface area contributed by atoms with Crippen LogP contribution < -0.4 is 15.4 Å². The Balaban J connectivity index is 1.63. The number of ether oxygens (including phenoxy) is 1. The quantitative estimate of drug-likeness (QED) is 0.388. The van der Waals surface area contributed by atoms with Crippen LogP contribution in [0.15, 0.2) is 96.2 Å². The largest absolute Gasteiger partial charge is 0.504 e. The van der Waals surface area contributed by atoms with Crippen LogP contribution in [-0.4, -0.2) is 27.9 Å². The molecule has 7 heteroatoms. The van der Waals surface area contributed by atoms with E-state index in [1.54, 1.807) is 22.9 Å². The fraction of sp³-hybridized carbons (Fsp3) is 0.111. The second-order valence-corrected chi connectivity index (χ2v) is 8.04. The molecule has 3 aromatic carbocycles. The number of phenols is 1. The van der Waals surface area contributed by atoms with Crippen molar-refractivity contribution in [2.45, 2.75) is 13.0 Å². The van der Waals surface area contributed by atoms with Gasteiger partial charge in [0.05, 0.1) is 18.4 Å². The SMILES string of the molecule is COc1cc(C2C(C(=O)Nc3ccccc3)=C(C)Nc3cc(-c4ccccc4)nn32)ccc1O. The highest BCUT2D eigenvalue weighted by molar-refractivity contribution is 6.06. The van der Waals surface area contributed by atoms with E-state index in [-0.39, 0.29) is 11.7 Å². The van der Waals surface area contributed by atoms with Crippen molar-refractivity contribution >= 4 is 17.4 Å². The molecule has 1 aliphatic rings. The Morgan fingerprint density at radius 2 is 1.74 bits per heavy atom. The number of aromatic nitrogens is 2. The van der Waals surface area contributed by atoms with E-state index in [1.807, 2.05) is 73.7 Å². The van der Waals surface area contributed by atoms with Crippen molar-refractivity contribution in [1.82, 2.24) is 9.78 Å². The summed E-state index contributed by atoms with van der Waals surface area (Å²) >= 11 is 0. The zero-order valence-electron chi connectivity index (χ0n) is 18.8. The number of carbonyl (C=O) groups is 1. The molecular formula is C27H24N4O3. The molecule has 1 aliphatic heterocycles. The second-order valence-electron chi connectivity index (χ2n) is 8.04. The lowest BCUT2D eigenvalue weighted by atomic mass is 9.94. The molecule has 7 nitrogen and oxygen atoms in total. The number of fused-ring (bicyclic) bond motifs is 1. The third kappa shape index (κ3) is 3.88. The molecule has 0 saturated heterocycles. The summed E-state index contributed by atoms with van der Waals surface area (Å²) in [7, 11) is 1.50. The number of amides is 1. The molecule has 0 bridgehead atoms. The normalized spacial score (nSPS) is 14.8. The zero-order chi connectivity index (χ0) is 23.7. The molecule has 1 amide bonds. The van der Waals surface area contributed by atoms with Gasteiger partial charge in [-0.2, -0.15) is 5.10 Å². The lowest BCUT2D eigenvalue weighted by molar-refractivity contribution is -0.113. The minimum atomic E-state index is -0.535. The lowest BCUT2D eigenvalue weighted by Crippen LogP contribution is -2.31. The minimum absolute atomic E-state index is 0.0295. The van der Waals surface area contributed by atoms with E-state index in [0.29, 0.717) is 17.0 Å². The summed E-state index contributed by atoms with van der Waals surface area (Å²) in [6.45, 7) is 1.88. The summed E-state index contributed by atoms with van der Waals surface area (Å²) < 4.78 is 7.15. The number of anilines is 2. The van der Waals surface area contributed by atoms with Gasteiger partial charge in [0.15, 0.2) is 11.5 Å². The van der Waals surface area contributed by atoms with E-state index in [9.17, 15) is 9.90 Å². The molecule has 170 valence electrons. The van der Waals surface area contributed by atoms with Crippen molar-refractivity contribution in [3.8, 4) is 22.8 Å². The Kier molecular flexibility index (Phi) is 5.51. The summed E-state index contributed by atoms with van der Waals surface area (Å²) in [6.07, 6.45) is 0. The van der Waals surface area contributed by atoms with E-state index in [0.717, 1.165) is 28.3 Å². The van der Waals surface area contributed by atoms with Crippen molar-refractivity contribution in [3.63, 3.8) is 0 Å². The van der Waals surface area contributed by atoms with E-state index in [1.165, 1.54) is 7.11 Å². The predicted molar refractivity (Wildman–Crippen MR) is 132 cm³/mol. The lowest BCUT2D eigenvalue weighted by Gasteiger charge is -2.30. The second kappa shape index (κ2) is 8.78. The minimum Gasteiger partial charge on any atom is -0.504 e. The Hall–Kier alpha value is -4.52. The molecule has 1 aromatic heterocycles. The molecule has 2 heterocycles. The average Bonchev–Trinajstić information content (AvgIpc) is 3.28. The third-order valence-electron chi connectivity index (χ3n) is 5.84. The van der Waals surface area contributed by atoms with Gasteiger partial charge in [0.25, 0.3) is 5.91 Å². The van der Waals surface area contributed by atoms with Crippen molar-refractivity contribution in [1.29, 1.82) is 0 Å². The van der Waals surface area contributed by atoms with Gasteiger partial charge >= 0.3 is 0 Å². The fourth-order valence-corrected chi connectivity index (χ4v) is 4.21. The molecule has 0 saturated carbocycles. The first kappa shape index (κ1) is 21.3. The summed E-state index contributed by atoms with van der Waals surface area (Å²) in [4.78, 5) is 13.5. The highest BCUT2D eigenvalue weighted by Crippen LogP contribution is 2.40. The Labute approximate surface area is 197 Å². The van der Waals surface area contributed by atoms with Gasteiger partial charge in [0.2, 0.25) is 0 Å². The first-order valence-corrected chi connectivity index (χ1v) is 10.9. The monoisotopic (exact) mass is 452 g/mol. The molecule has 0 spiro atoms. The van der Waals surface area contributed by atoms with Crippen LogP contribution in [0.4, 0.5) is 11.5 Å². The van der Waals surface area contributed by atoms with Crippen LogP contribution >= 0.6 is 0 Å². The van der Waals surface area contributed by atoms with Crippen LogP contribution in [0.2, 0.25) is 0 Å². The van der Waals surface area contributed by atoms with Crippen molar-refractivity contribution in [3.05, 3.63) is 102 Å². The highest BCUT2D eigenvalue weighted by Gasteiger charge is 2.34. The van der Waals surface area contributed by atoms with Crippen LogP contribution in [0.5, 0.6) is 11.5 Å². The third-order valence-corrected chi connectivity index (χ3v) is 5.84. The number of methoxy groups -OCH3 is 1. The maximum atomic E-state index is 13.5. The van der Waals surface area contributed by atoms with Crippen LogP contribution in [0.25, 0.3) is 11.3 Å². The molecular weight excluding hydrogens is 428 g/mol. The number of benzene rings is 3. The first-order valence-electron chi connectivity index (χ1n) is 10.9. The Bertz CT molecular complexity index is 1380. The summed E-state index contributed by atoms with van der Waals surface area (Å²) in [5, 5.41) is 21.4. The molecule has 3 N–H and O–H groups in total. The number of para-hydroxylation sites is 1. The van der Waals surface area contributed by atoms with E-state index in [2.05, 4.69) is 10.6 Å². The molecule has 34 heavy (non-hydrogen) atoms. The van der Waals surface area contributed by atoms with Gasteiger partial charge in [0, 0.05) is 23.0 Å². The molecule has 0 fully saturated rings. The highest BCUT2D eigenvalue weighted by atomic mass is 16.5. The van der Waals surface area contributed by atoms with Gasteiger partial charge in [-0.05, 0) is 36.8 Å².